The highest BCUT2D eigenvalue weighted by Gasteiger charge is 2.52. The molecule has 2 aromatic heterocycles. The van der Waals surface area contributed by atoms with Crippen molar-refractivity contribution in [2.24, 2.45) is 16.6 Å². The second-order valence-electron chi connectivity index (χ2n) is 16.6. The Morgan fingerprint density at radius 1 is 1.04 bits per heavy atom. The highest BCUT2D eigenvalue weighted by molar-refractivity contribution is 8.00. The van der Waals surface area contributed by atoms with E-state index in [-0.39, 0.29) is 42.0 Å². The molecular formula is C44H41ClF10N8O7S2. The van der Waals surface area contributed by atoms with Crippen LogP contribution in [0.5, 0.6) is 0 Å². The monoisotopic (exact) mass is 1080 g/mol. The molecule has 2 unspecified atom stereocenters. The van der Waals surface area contributed by atoms with E-state index < -0.39 is 160 Å². The molecule has 1 aliphatic carbocycles. The average molecular weight is 1080 g/mol. The highest BCUT2D eigenvalue weighted by atomic mass is 35.5. The first-order valence-electron chi connectivity index (χ1n) is 20.7. The van der Waals surface area contributed by atoms with Crippen LogP contribution in [-0.4, -0.2) is 119 Å². The lowest BCUT2D eigenvalue weighted by atomic mass is 9.93. The summed E-state index contributed by atoms with van der Waals surface area (Å²) < 4.78 is 158. The molecule has 5 N–H and O–H groups in total. The SMILES string of the molecule is CSC(C)(C)C#Cc1ccc(-c2ccc(Cl)c3c(N(C(=O)N(CC(=O)O)CC(=O)O)[S+](C)[O-])nn(CC(F)(F)F)c23)c(C(Cc2cc(F)cc(F)c2)NC(=O)CN=C2C(=C(N)C(F)(F)F)[C@@H](C)CC2(F)F)n1. The predicted molar refractivity (Wildman–Crippen MR) is 247 cm³/mol. The molecule has 0 aliphatic heterocycles. The molecule has 0 radical (unpaired) electrons. The quantitative estimate of drug-likeness (QED) is 0.0507. The molecule has 3 amide bonds. The van der Waals surface area contributed by atoms with Gasteiger partial charge in [-0.25, -0.2) is 18.6 Å². The number of halogens is 11. The Labute approximate surface area is 415 Å². The van der Waals surface area contributed by atoms with Crippen molar-refractivity contribution in [2.45, 2.75) is 69.2 Å². The lowest BCUT2D eigenvalue weighted by Crippen LogP contribution is -2.49. The lowest BCUT2D eigenvalue weighted by molar-refractivity contribution is -0.142. The first-order chi connectivity index (χ1) is 33.2. The van der Waals surface area contributed by atoms with E-state index in [0.717, 1.165) is 37.4 Å². The Balaban J connectivity index is 1.84. The normalized spacial score (nSPS) is 17.0. The molecule has 0 saturated heterocycles. The molecule has 388 valence electrons. The maximum atomic E-state index is 15.2. The van der Waals surface area contributed by atoms with Gasteiger partial charge < -0.3 is 25.8 Å². The second kappa shape index (κ2) is 21.9. The number of amides is 3. The van der Waals surface area contributed by atoms with Crippen LogP contribution < -0.4 is 15.4 Å². The van der Waals surface area contributed by atoms with Crippen LogP contribution in [0.3, 0.4) is 0 Å². The number of aliphatic carboxylic acids is 2. The number of carbonyl (C=O) groups is 4. The molecule has 1 fully saturated rings. The highest BCUT2D eigenvalue weighted by Crippen LogP contribution is 2.45. The summed E-state index contributed by atoms with van der Waals surface area (Å²) in [5.74, 6) is -7.56. The first-order valence-corrected chi connectivity index (χ1v) is 23.8. The van der Waals surface area contributed by atoms with Crippen molar-refractivity contribution >= 4 is 81.0 Å². The number of anilines is 1. The average Bonchev–Trinajstić information content (AvgIpc) is 3.71. The van der Waals surface area contributed by atoms with Crippen molar-refractivity contribution in [1.29, 1.82) is 0 Å². The number of hydrogen-bond acceptors (Lipinski definition) is 10. The zero-order chi connectivity index (χ0) is 54.0. The molecular weight excluding hydrogens is 1040 g/mol. The van der Waals surface area contributed by atoms with Gasteiger partial charge in [0.2, 0.25) is 11.7 Å². The van der Waals surface area contributed by atoms with Crippen molar-refractivity contribution in [3.05, 3.63) is 87.3 Å². The van der Waals surface area contributed by atoms with Gasteiger partial charge in [-0.05, 0) is 74.3 Å². The molecule has 2 aromatic carbocycles. The van der Waals surface area contributed by atoms with Crippen LogP contribution in [0.4, 0.5) is 54.5 Å². The van der Waals surface area contributed by atoms with E-state index in [1.165, 1.54) is 23.9 Å². The maximum Gasteiger partial charge on any atom is 0.431 e. The molecule has 0 spiro atoms. The van der Waals surface area contributed by atoms with Crippen LogP contribution in [0.15, 0.2) is 58.7 Å². The Bertz CT molecular complexity index is 2880. The molecule has 2 heterocycles. The van der Waals surface area contributed by atoms with Gasteiger partial charge in [0.1, 0.15) is 61.2 Å². The molecule has 72 heavy (non-hydrogen) atoms. The number of allylic oxidation sites excluding steroid dienone is 2. The van der Waals surface area contributed by atoms with Gasteiger partial charge in [-0.3, -0.25) is 29.0 Å². The fourth-order valence-electron chi connectivity index (χ4n) is 7.51. The van der Waals surface area contributed by atoms with Gasteiger partial charge in [0, 0.05) is 29.2 Å². The smallest absolute Gasteiger partial charge is 0.431 e. The van der Waals surface area contributed by atoms with Crippen molar-refractivity contribution in [1.82, 2.24) is 25.0 Å². The Morgan fingerprint density at radius 2 is 1.64 bits per heavy atom. The summed E-state index contributed by atoms with van der Waals surface area (Å²) in [6.07, 6.45) is -9.61. The van der Waals surface area contributed by atoms with Crippen LogP contribution in [0.1, 0.15) is 50.2 Å². The number of aliphatic imine (C=N–C) groups is 1. The van der Waals surface area contributed by atoms with Gasteiger partial charge in [-0.2, -0.15) is 35.1 Å². The summed E-state index contributed by atoms with van der Waals surface area (Å²) >= 11 is 5.30. The predicted octanol–water partition coefficient (Wildman–Crippen LogP) is 8.07. The van der Waals surface area contributed by atoms with Crippen LogP contribution in [0.25, 0.3) is 22.0 Å². The standard InChI is InChI=1S/C44H41ClF10N8O7S2/c1-21-16-42(48,49)38(33(21)37(56)44(53,54)55)57-17-30(64)59-29(14-22-12-23(46)15-24(47)13-22)35-26(7-6-25(58-35)10-11-41(2,3)71-4)27-8-9-28(45)34-36(27)62(20-43(50,51)52)60-39(34)63(72(5)70)40(69)61(18-31(65)66)19-32(67)68/h6-9,12-13,15,21,29H,14,16-20,56H2,1-5H3,(H,59,64)(H,65,66)(H,67,68)/t21-,29?,72?/m0/s1. The zero-order valence-corrected chi connectivity index (χ0v) is 40.5. The molecule has 0 bridgehead atoms. The summed E-state index contributed by atoms with van der Waals surface area (Å²) in [6.45, 7) is -1.34. The minimum Gasteiger partial charge on any atom is -0.593 e. The first kappa shape index (κ1) is 56.7. The number of carbonyl (C=O) groups excluding carboxylic acids is 2. The minimum atomic E-state index is -5.27. The molecule has 3 atom stereocenters. The van der Waals surface area contributed by atoms with Crippen LogP contribution >= 0.6 is 23.4 Å². The van der Waals surface area contributed by atoms with Gasteiger partial charge in [-0.15, -0.1) is 16.9 Å². The Morgan fingerprint density at radius 3 is 2.18 bits per heavy atom. The molecule has 1 saturated carbocycles. The number of nitrogens with two attached hydrogens (primary N) is 1. The van der Waals surface area contributed by atoms with Crippen molar-refractivity contribution in [3.63, 3.8) is 0 Å². The zero-order valence-electron chi connectivity index (χ0n) is 38.1. The van der Waals surface area contributed by atoms with Crippen LogP contribution in [0, 0.1) is 29.4 Å². The van der Waals surface area contributed by atoms with Crippen molar-refractivity contribution < 1.29 is 77.8 Å². The molecule has 4 aromatic rings. The van der Waals surface area contributed by atoms with Gasteiger partial charge in [-0.1, -0.05) is 34.8 Å². The summed E-state index contributed by atoms with van der Waals surface area (Å²) in [5.41, 5.74) is -0.868. The number of carboxylic acids is 2. The van der Waals surface area contributed by atoms with Gasteiger partial charge in [0.25, 0.3) is 5.92 Å². The van der Waals surface area contributed by atoms with Crippen LogP contribution in [-0.2, 0) is 38.7 Å². The summed E-state index contributed by atoms with van der Waals surface area (Å²) in [5, 5.41) is 24.3. The van der Waals surface area contributed by atoms with Gasteiger partial charge >= 0.3 is 30.3 Å². The number of carboxylic acid groups (broad SMARTS) is 2. The summed E-state index contributed by atoms with van der Waals surface area (Å²) in [4.78, 5) is 59.6. The number of aromatic nitrogens is 3. The lowest BCUT2D eigenvalue weighted by Gasteiger charge is -2.26. The summed E-state index contributed by atoms with van der Waals surface area (Å²) in [7, 11) is 0. The number of hydrogen-bond donors (Lipinski definition) is 4. The van der Waals surface area contributed by atoms with E-state index in [1.54, 1.807) is 20.1 Å². The topological polar surface area (TPSA) is 219 Å². The van der Waals surface area contributed by atoms with E-state index in [4.69, 9.17) is 17.3 Å². The number of rotatable bonds is 15. The Kier molecular flexibility index (Phi) is 17.2. The number of thioether (sulfide) groups is 1. The summed E-state index contributed by atoms with van der Waals surface area (Å²) in [6, 6.07) is 3.62. The minimum absolute atomic E-state index is 0.0809. The number of urea groups is 1. The number of pyridine rings is 1. The van der Waals surface area contributed by atoms with Crippen molar-refractivity contribution in [2.75, 3.05) is 36.5 Å². The fraction of sp³-hybridized carbons (Fsp3) is 0.386. The third kappa shape index (κ3) is 13.6. The third-order valence-corrected chi connectivity index (χ3v) is 12.9. The van der Waals surface area contributed by atoms with Crippen LogP contribution in [0.2, 0.25) is 5.02 Å². The number of nitrogens with zero attached hydrogens (tertiary/aromatic N) is 6. The number of alkyl halides is 8. The molecule has 28 heteroatoms. The van der Waals surface area contributed by atoms with Gasteiger partial charge in [0.15, 0.2) is 0 Å². The van der Waals surface area contributed by atoms with Gasteiger partial charge in [0.05, 0.1) is 43.8 Å². The molecule has 15 nitrogen and oxygen atoms in total. The largest absolute Gasteiger partial charge is 0.593 e. The second-order valence-corrected chi connectivity index (χ2v) is 19.6. The number of fused-ring (bicyclic) bond motifs is 1. The third-order valence-electron chi connectivity index (χ3n) is 10.6. The van der Waals surface area contributed by atoms with E-state index in [1.807, 2.05) is 0 Å². The molecule has 1 aliphatic rings. The van der Waals surface area contributed by atoms with E-state index in [2.05, 4.69) is 32.2 Å². The number of nitrogens with one attached hydrogen (secondary N) is 1. The maximum absolute atomic E-state index is 15.2. The van der Waals surface area contributed by atoms with E-state index >= 15 is 8.78 Å². The Hall–Kier alpha value is -6.24. The fourth-order valence-corrected chi connectivity index (χ4v) is 8.61. The molecule has 5 rings (SSSR count). The van der Waals surface area contributed by atoms with Crippen molar-refractivity contribution in [3.8, 4) is 23.0 Å². The van der Waals surface area contributed by atoms with E-state index in [0.29, 0.717) is 6.07 Å². The van der Waals surface area contributed by atoms with E-state index in [9.17, 15) is 69.1 Å². The number of benzene rings is 2.